The summed E-state index contributed by atoms with van der Waals surface area (Å²) in [6.45, 7) is 4.68. The van der Waals surface area contributed by atoms with Crippen molar-refractivity contribution in [1.82, 2.24) is 4.90 Å². The molecule has 1 N–H and O–H groups in total. The van der Waals surface area contributed by atoms with Crippen LogP contribution < -0.4 is 5.32 Å². The van der Waals surface area contributed by atoms with Gasteiger partial charge < -0.3 is 9.73 Å². The Morgan fingerprint density at radius 3 is 2.48 bits per heavy atom. The molecule has 0 spiro atoms. The third-order valence-corrected chi connectivity index (χ3v) is 4.75. The van der Waals surface area contributed by atoms with E-state index in [0.29, 0.717) is 18.7 Å². The lowest BCUT2D eigenvalue weighted by atomic mass is 10.1. The molecule has 1 amide bonds. The van der Waals surface area contributed by atoms with Crippen LogP contribution in [0.5, 0.6) is 0 Å². The van der Waals surface area contributed by atoms with Gasteiger partial charge in [-0.15, -0.1) is 0 Å². The summed E-state index contributed by atoms with van der Waals surface area (Å²) in [6.07, 6.45) is 1.59. The van der Waals surface area contributed by atoms with Crippen molar-refractivity contribution in [3.8, 4) is 0 Å². The minimum Gasteiger partial charge on any atom is -0.468 e. The van der Waals surface area contributed by atoms with Gasteiger partial charge in [0.05, 0.1) is 24.3 Å². The van der Waals surface area contributed by atoms with Crippen LogP contribution in [0.3, 0.4) is 0 Å². The summed E-state index contributed by atoms with van der Waals surface area (Å²) < 4.78 is 5.42. The Balaban J connectivity index is 1.78. The molecule has 29 heavy (non-hydrogen) atoms. The van der Waals surface area contributed by atoms with Crippen LogP contribution in [0.4, 0.5) is 11.4 Å². The van der Waals surface area contributed by atoms with Gasteiger partial charge in [0.15, 0.2) is 0 Å². The second kappa shape index (κ2) is 9.16. The fourth-order valence-electron chi connectivity index (χ4n) is 3.13. The van der Waals surface area contributed by atoms with Gasteiger partial charge in [-0.2, -0.15) is 0 Å². The van der Waals surface area contributed by atoms with Gasteiger partial charge >= 0.3 is 0 Å². The maximum atomic E-state index is 12.8. The quantitative estimate of drug-likeness (QED) is 0.451. The highest BCUT2D eigenvalue weighted by Gasteiger charge is 2.21. The van der Waals surface area contributed by atoms with Crippen molar-refractivity contribution >= 4 is 17.3 Å². The average Bonchev–Trinajstić information content (AvgIpc) is 3.19. The number of amides is 1. The first kappa shape index (κ1) is 20.3. The number of carbonyl (C=O) groups is 1. The molecule has 3 rings (SSSR count). The Hall–Kier alpha value is -3.45. The minimum atomic E-state index is -0.480. The van der Waals surface area contributed by atoms with Crippen LogP contribution in [-0.2, 0) is 17.9 Å². The number of hydrogen-bond donors (Lipinski definition) is 1. The molecule has 7 heteroatoms. The summed E-state index contributed by atoms with van der Waals surface area (Å²) >= 11 is 0. The molecule has 0 saturated carbocycles. The number of nitro groups is 1. The first-order chi connectivity index (χ1) is 13.9. The van der Waals surface area contributed by atoms with E-state index in [1.807, 2.05) is 48.2 Å². The number of anilines is 1. The molecule has 1 heterocycles. The predicted octanol–water partition coefficient (Wildman–Crippen LogP) is 4.45. The van der Waals surface area contributed by atoms with Crippen molar-refractivity contribution in [2.24, 2.45) is 0 Å². The average molecular weight is 393 g/mol. The Bertz CT molecular complexity index is 985. The van der Waals surface area contributed by atoms with Crippen LogP contribution in [0.2, 0.25) is 0 Å². The van der Waals surface area contributed by atoms with Gasteiger partial charge in [-0.3, -0.25) is 19.8 Å². The fraction of sp³-hybridized carbons (Fsp3) is 0.227. The molecule has 0 aliphatic rings. The van der Waals surface area contributed by atoms with Gasteiger partial charge in [-0.25, -0.2) is 0 Å². The number of nitrogens with one attached hydrogen (secondary N) is 1. The van der Waals surface area contributed by atoms with E-state index in [-0.39, 0.29) is 23.8 Å². The fourth-order valence-corrected chi connectivity index (χ4v) is 3.13. The normalized spacial score (nSPS) is 10.9. The number of nitrogens with zero attached hydrogens (tertiary/aromatic N) is 2. The minimum absolute atomic E-state index is 0.0696. The Morgan fingerprint density at radius 2 is 1.83 bits per heavy atom. The Labute approximate surface area is 169 Å². The van der Waals surface area contributed by atoms with Crippen LogP contribution in [0.25, 0.3) is 0 Å². The SMILES string of the molecule is Cc1ccc([N+](=O)[O-])c(NC(=O)CN(Cc2ccccc2)Cc2ccco2)c1C. The lowest BCUT2D eigenvalue weighted by Crippen LogP contribution is -2.32. The number of rotatable bonds is 8. The molecule has 150 valence electrons. The van der Waals surface area contributed by atoms with Crippen molar-refractivity contribution in [3.05, 3.63) is 93.4 Å². The van der Waals surface area contributed by atoms with E-state index in [1.54, 1.807) is 25.3 Å². The van der Waals surface area contributed by atoms with Gasteiger partial charge in [-0.1, -0.05) is 36.4 Å². The van der Waals surface area contributed by atoms with E-state index in [1.165, 1.54) is 6.07 Å². The summed E-state index contributed by atoms with van der Waals surface area (Å²) in [4.78, 5) is 25.6. The molecule has 0 fully saturated rings. The lowest BCUT2D eigenvalue weighted by Gasteiger charge is -2.21. The number of nitro benzene ring substituents is 1. The summed E-state index contributed by atoms with van der Waals surface area (Å²) in [6, 6.07) is 16.6. The molecule has 0 radical (unpaired) electrons. The van der Waals surface area contributed by atoms with Crippen LogP contribution in [0.15, 0.2) is 65.3 Å². The van der Waals surface area contributed by atoms with E-state index >= 15 is 0 Å². The summed E-state index contributed by atoms with van der Waals surface area (Å²) in [5.74, 6) is 0.427. The van der Waals surface area contributed by atoms with Crippen molar-refractivity contribution in [1.29, 1.82) is 0 Å². The molecular weight excluding hydrogens is 370 g/mol. The number of furan rings is 1. The van der Waals surface area contributed by atoms with Crippen molar-refractivity contribution in [2.75, 3.05) is 11.9 Å². The highest BCUT2D eigenvalue weighted by molar-refractivity contribution is 5.95. The van der Waals surface area contributed by atoms with E-state index in [4.69, 9.17) is 4.42 Å². The van der Waals surface area contributed by atoms with Gasteiger partial charge in [-0.05, 0) is 42.7 Å². The third-order valence-electron chi connectivity index (χ3n) is 4.75. The molecular formula is C22H23N3O4. The summed E-state index contributed by atoms with van der Waals surface area (Å²) in [5.41, 5.74) is 2.76. The monoisotopic (exact) mass is 393 g/mol. The van der Waals surface area contributed by atoms with E-state index in [0.717, 1.165) is 16.9 Å². The first-order valence-corrected chi connectivity index (χ1v) is 9.27. The summed E-state index contributed by atoms with van der Waals surface area (Å²) in [7, 11) is 0. The third kappa shape index (κ3) is 5.30. The zero-order valence-corrected chi connectivity index (χ0v) is 16.4. The van der Waals surface area contributed by atoms with Crippen molar-refractivity contribution in [2.45, 2.75) is 26.9 Å². The standard InChI is InChI=1S/C22H23N3O4/c1-16-10-11-20(25(27)28)22(17(16)2)23-21(26)15-24(14-19-9-6-12-29-19)13-18-7-4-3-5-8-18/h3-12H,13-15H2,1-2H3,(H,23,26). The van der Waals surface area contributed by atoms with Crippen molar-refractivity contribution < 1.29 is 14.1 Å². The lowest BCUT2D eigenvalue weighted by molar-refractivity contribution is -0.384. The number of carbonyl (C=O) groups excluding carboxylic acids is 1. The second-order valence-corrected chi connectivity index (χ2v) is 6.92. The van der Waals surface area contributed by atoms with Gasteiger partial charge in [0, 0.05) is 12.6 Å². The number of benzene rings is 2. The molecule has 2 aromatic carbocycles. The van der Waals surface area contributed by atoms with Crippen LogP contribution in [-0.4, -0.2) is 22.3 Å². The number of aryl methyl sites for hydroxylation is 1. The Kier molecular flexibility index (Phi) is 6.41. The highest BCUT2D eigenvalue weighted by Crippen LogP contribution is 2.30. The smallest absolute Gasteiger partial charge is 0.293 e. The zero-order valence-electron chi connectivity index (χ0n) is 16.4. The molecule has 0 aliphatic carbocycles. The first-order valence-electron chi connectivity index (χ1n) is 9.27. The van der Waals surface area contributed by atoms with E-state index in [9.17, 15) is 14.9 Å². The maximum Gasteiger partial charge on any atom is 0.293 e. The van der Waals surface area contributed by atoms with Gasteiger partial charge in [0.2, 0.25) is 5.91 Å². The van der Waals surface area contributed by atoms with E-state index in [2.05, 4.69) is 5.32 Å². The second-order valence-electron chi connectivity index (χ2n) is 6.92. The topological polar surface area (TPSA) is 88.6 Å². The summed E-state index contributed by atoms with van der Waals surface area (Å²) in [5, 5.41) is 14.1. The largest absolute Gasteiger partial charge is 0.468 e. The predicted molar refractivity (Wildman–Crippen MR) is 110 cm³/mol. The molecule has 7 nitrogen and oxygen atoms in total. The zero-order chi connectivity index (χ0) is 20.8. The van der Waals surface area contributed by atoms with E-state index < -0.39 is 4.92 Å². The highest BCUT2D eigenvalue weighted by atomic mass is 16.6. The number of hydrogen-bond acceptors (Lipinski definition) is 5. The van der Waals surface area contributed by atoms with Gasteiger partial charge in [0.25, 0.3) is 5.69 Å². The Morgan fingerprint density at radius 1 is 1.07 bits per heavy atom. The molecule has 0 bridgehead atoms. The van der Waals surface area contributed by atoms with Crippen LogP contribution >= 0.6 is 0 Å². The van der Waals surface area contributed by atoms with Crippen LogP contribution in [0, 0.1) is 24.0 Å². The molecule has 0 unspecified atom stereocenters. The molecule has 0 aliphatic heterocycles. The molecule has 0 saturated heterocycles. The van der Waals surface area contributed by atoms with Gasteiger partial charge in [0.1, 0.15) is 11.4 Å². The van der Waals surface area contributed by atoms with Crippen molar-refractivity contribution in [3.63, 3.8) is 0 Å². The molecule has 3 aromatic rings. The maximum absolute atomic E-state index is 12.8. The van der Waals surface area contributed by atoms with Crippen LogP contribution in [0.1, 0.15) is 22.5 Å². The molecule has 0 atom stereocenters. The molecule has 1 aromatic heterocycles.